The average Bonchev–Trinajstić information content (AvgIpc) is 2.39. The molecule has 1 heterocycles. The van der Waals surface area contributed by atoms with E-state index < -0.39 is 0 Å². The number of nitrogens with zero attached hydrogens (tertiary/aromatic N) is 2. The zero-order chi connectivity index (χ0) is 11.4. The molecule has 18 heavy (non-hydrogen) atoms. The molecule has 1 saturated carbocycles. The van der Waals surface area contributed by atoms with Crippen LogP contribution in [0.25, 0.3) is 0 Å². The van der Waals surface area contributed by atoms with Gasteiger partial charge < -0.3 is 10.6 Å². The van der Waals surface area contributed by atoms with Gasteiger partial charge in [0.15, 0.2) is 0 Å². The topological polar surface area (TPSA) is 49.6 Å². The first-order chi connectivity index (χ1) is 7.81. The Balaban J connectivity index is 0.00000144. The zero-order valence-electron chi connectivity index (χ0n) is 10.8. The van der Waals surface area contributed by atoms with Crippen molar-refractivity contribution in [2.45, 2.75) is 38.1 Å². The predicted octanol–water partition coefficient (Wildman–Crippen LogP) is 1.27. The first kappa shape index (κ1) is 18.0. The molecule has 108 valence electrons. The van der Waals surface area contributed by atoms with Crippen molar-refractivity contribution in [3.05, 3.63) is 0 Å². The van der Waals surface area contributed by atoms with E-state index in [1.54, 1.807) is 0 Å². The summed E-state index contributed by atoms with van der Waals surface area (Å²) in [6.07, 6.45) is 6.87. The number of rotatable bonds is 2. The SMILES string of the molecule is Cl.Cl.NCC(=O)N1CCN(C2CCCCC2)CC1. The molecule has 0 atom stereocenters. The minimum Gasteiger partial charge on any atom is -0.339 e. The van der Waals surface area contributed by atoms with E-state index in [-0.39, 0.29) is 37.3 Å². The molecule has 4 nitrogen and oxygen atoms in total. The van der Waals surface area contributed by atoms with E-state index in [0.717, 1.165) is 32.2 Å². The van der Waals surface area contributed by atoms with Crippen molar-refractivity contribution < 1.29 is 4.79 Å². The minimum atomic E-state index is 0. The number of amides is 1. The van der Waals surface area contributed by atoms with Crippen LogP contribution in [0.5, 0.6) is 0 Å². The molecule has 0 bridgehead atoms. The Morgan fingerprint density at radius 2 is 1.56 bits per heavy atom. The van der Waals surface area contributed by atoms with E-state index in [0.29, 0.717) is 0 Å². The minimum absolute atomic E-state index is 0. The van der Waals surface area contributed by atoms with E-state index in [4.69, 9.17) is 5.73 Å². The molecule has 0 aromatic carbocycles. The Morgan fingerprint density at radius 3 is 2.06 bits per heavy atom. The second kappa shape index (κ2) is 8.97. The Hall–Kier alpha value is -0.0300. The molecule has 2 rings (SSSR count). The normalized spacial score (nSPS) is 21.9. The van der Waals surface area contributed by atoms with Gasteiger partial charge in [-0.3, -0.25) is 9.69 Å². The monoisotopic (exact) mass is 297 g/mol. The van der Waals surface area contributed by atoms with Crippen molar-refractivity contribution in [3.8, 4) is 0 Å². The number of nitrogens with two attached hydrogens (primary N) is 1. The second-order valence-electron chi connectivity index (χ2n) is 4.91. The highest BCUT2D eigenvalue weighted by atomic mass is 35.5. The van der Waals surface area contributed by atoms with Gasteiger partial charge in [-0.05, 0) is 12.8 Å². The highest BCUT2D eigenvalue weighted by Gasteiger charge is 2.26. The molecule has 1 aliphatic carbocycles. The molecule has 2 aliphatic rings. The van der Waals surface area contributed by atoms with Gasteiger partial charge in [0.05, 0.1) is 6.54 Å². The third kappa shape index (κ3) is 4.57. The second-order valence-corrected chi connectivity index (χ2v) is 4.91. The predicted molar refractivity (Wildman–Crippen MR) is 78.6 cm³/mol. The Morgan fingerprint density at radius 1 is 1.00 bits per heavy atom. The molecule has 0 unspecified atom stereocenters. The number of piperazine rings is 1. The number of carbonyl (C=O) groups is 1. The zero-order valence-corrected chi connectivity index (χ0v) is 12.5. The van der Waals surface area contributed by atoms with Crippen LogP contribution in [0.15, 0.2) is 0 Å². The molecule has 0 radical (unpaired) electrons. The molecule has 0 aromatic rings. The van der Waals surface area contributed by atoms with Gasteiger partial charge in [0, 0.05) is 32.2 Å². The summed E-state index contributed by atoms with van der Waals surface area (Å²) >= 11 is 0. The highest BCUT2D eigenvalue weighted by molar-refractivity contribution is 5.85. The molecule has 6 heteroatoms. The van der Waals surface area contributed by atoms with Crippen LogP contribution in [0.1, 0.15) is 32.1 Å². The van der Waals surface area contributed by atoms with Gasteiger partial charge >= 0.3 is 0 Å². The standard InChI is InChI=1S/C12H23N3O.2ClH/c13-10-12(16)15-8-6-14(7-9-15)11-4-2-1-3-5-11;;/h11H,1-10,13H2;2*1H. The summed E-state index contributed by atoms with van der Waals surface area (Å²) in [6.45, 7) is 3.97. The molecular formula is C12H25Cl2N3O. The summed E-state index contributed by atoms with van der Waals surface area (Å²) in [7, 11) is 0. The van der Waals surface area contributed by atoms with Crippen LogP contribution in [-0.4, -0.2) is 54.5 Å². The molecule has 0 aromatic heterocycles. The lowest BCUT2D eigenvalue weighted by molar-refractivity contribution is -0.131. The largest absolute Gasteiger partial charge is 0.339 e. The fourth-order valence-corrected chi connectivity index (χ4v) is 2.91. The maximum atomic E-state index is 11.4. The number of hydrogen-bond acceptors (Lipinski definition) is 3. The third-order valence-electron chi connectivity index (χ3n) is 3.93. The summed E-state index contributed by atoms with van der Waals surface area (Å²) in [6, 6.07) is 0.781. The fourth-order valence-electron chi connectivity index (χ4n) is 2.91. The van der Waals surface area contributed by atoms with E-state index in [2.05, 4.69) is 4.90 Å². The quantitative estimate of drug-likeness (QED) is 0.835. The Labute approximate surface area is 122 Å². The maximum Gasteiger partial charge on any atom is 0.236 e. The van der Waals surface area contributed by atoms with E-state index in [1.165, 1.54) is 32.1 Å². The first-order valence-electron chi connectivity index (χ1n) is 6.53. The van der Waals surface area contributed by atoms with Gasteiger partial charge in [-0.2, -0.15) is 0 Å². The smallest absolute Gasteiger partial charge is 0.236 e. The highest BCUT2D eigenvalue weighted by Crippen LogP contribution is 2.23. The third-order valence-corrected chi connectivity index (χ3v) is 3.93. The molecule has 0 spiro atoms. The molecule has 2 N–H and O–H groups in total. The van der Waals surface area contributed by atoms with Crippen molar-refractivity contribution in [1.82, 2.24) is 9.80 Å². The van der Waals surface area contributed by atoms with Gasteiger partial charge in [0.25, 0.3) is 0 Å². The van der Waals surface area contributed by atoms with E-state index in [1.807, 2.05) is 4.90 Å². The van der Waals surface area contributed by atoms with Crippen LogP contribution < -0.4 is 5.73 Å². The van der Waals surface area contributed by atoms with Crippen molar-refractivity contribution in [3.63, 3.8) is 0 Å². The van der Waals surface area contributed by atoms with Crippen LogP contribution in [0.2, 0.25) is 0 Å². The van der Waals surface area contributed by atoms with E-state index in [9.17, 15) is 4.79 Å². The lowest BCUT2D eigenvalue weighted by Crippen LogP contribution is -2.53. The van der Waals surface area contributed by atoms with Crippen molar-refractivity contribution in [2.75, 3.05) is 32.7 Å². The summed E-state index contributed by atoms with van der Waals surface area (Å²) in [5, 5.41) is 0. The molecule has 2 fully saturated rings. The molecule has 1 saturated heterocycles. The average molecular weight is 298 g/mol. The Kier molecular flexibility index (Phi) is 8.95. The lowest BCUT2D eigenvalue weighted by atomic mass is 9.94. The van der Waals surface area contributed by atoms with Gasteiger partial charge in [-0.1, -0.05) is 19.3 Å². The summed E-state index contributed by atoms with van der Waals surface area (Å²) < 4.78 is 0. The maximum absolute atomic E-state index is 11.4. The van der Waals surface area contributed by atoms with Crippen LogP contribution in [0.3, 0.4) is 0 Å². The summed E-state index contributed by atoms with van der Waals surface area (Å²) in [5.41, 5.74) is 5.38. The van der Waals surface area contributed by atoms with Crippen LogP contribution in [0.4, 0.5) is 0 Å². The van der Waals surface area contributed by atoms with E-state index >= 15 is 0 Å². The number of hydrogen-bond donors (Lipinski definition) is 1. The lowest BCUT2D eigenvalue weighted by Gasteiger charge is -2.40. The first-order valence-corrected chi connectivity index (χ1v) is 6.53. The van der Waals surface area contributed by atoms with Gasteiger partial charge in [-0.15, -0.1) is 24.8 Å². The molecule has 1 amide bonds. The van der Waals surface area contributed by atoms with Gasteiger partial charge in [0.1, 0.15) is 0 Å². The fraction of sp³-hybridized carbons (Fsp3) is 0.917. The molecule has 1 aliphatic heterocycles. The van der Waals surface area contributed by atoms with Crippen LogP contribution in [-0.2, 0) is 4.79 Å². The van der Waals surface area contributed by atoms with Crippen molar-refractivity contribution in [1.29, 1.82) is 0 Å². The van der Waals surface area contributed by atoms with Crippen molar-refractivity contribution in [2.24, 2.45) is 5.73 Å². The summed E-state index contributed by atoms with van der Waals surface area (Å²) in [5.74, 6) is 0.100. The Bertz CT molecular complexity index is 239. The number of carbonyl (C=O) groups excluding carboxylic acids is 1. The van der Waals surface area contributed by atoms with Crippen LogP contribution >= 0.6 is 24.8 Å². The van der Waals surface area contributed by atoms with Crippen LogP contribution in [0, 0.1) is 0 Å². The number of halogens is 2. The van der Waals surface area contributed by atoms with Gasteiger partial charge in [-0.25, -0.2) is 0 Å². The molecular weight excluding hydrogens is 273 g/mol. The summed E-state index contributed by atoms with van der Waals surface area (Å²) in [4.78, 5) is 15.9. The van der Waals surface area contributed by atoms with Crippen molar-refractivity contribution >= 4 is 30.7 Å². The van der Waals surface area contributed by atoms with Gasteiger partial charge in [0.2, 0.25) is 5.91 Å².